The third-order valence-corrected chi connectivity index (χ3v) is 4.25. The molecule has 0 bridgehead atoms. The second-order valence-electron chi connectivity index (χ2n) is 5.87. The molecule has 1 aromatic heterocycles. The number of ether oxygens (including phenoxy) is 1. The van der Waals surface area contributed by atoms with Crippen LogP contribution in [0.4, 0.5) is 5.69 Å². The molecule has 0 aliphatic heterocycles. The molecule has 6 nitrogen and oxygen atoms in total. The van der Waals surface area contributed by atoms with Gasteiger partial charge in [-0.3, -0.25) is 9.59 Å². The number of halogens is 1. The Morgan fingerprint density at radius 1 is 1.22 bits per heavy atom. The summed E-state index contributed by atoms with van der Waals surface area (Å²) >= 11 is 5.87. The molecule has 27 heavy (non-hydrogen) atoms. The SMILES string of the molecule is N#Cc1ccc(Cl)cc1NC(=O)COC(=O)CCc1c[nH]c2ccccc12. The number of carbonyl (C=O) groups is 2. The van der Waals surface area contributed by atoms with E-state index in [1.54, 1.807) is 6.07 Å². The second-order valence-corrected chi connectivity index (χ2v) is 6.31. The monoisotopic (exact) mass is 381 g/mol. The first-order valence-electron chi connectivity index (χ1n) is 8.27. The molecule has 0 aliphatic carbocycles. The Morgan fingerprint density at radius 3 is 2.85 bits per heavy atom. The number of aryl methyl sites for hydroxylation is 1. The summed E-state index contributed by atoms with van der Waals surface area (Å²) in [7, 11) is 0. The fraction of sp³-hybridized carbons (Fsp3) is 0.150. The number of esters is 1. The summed E-state index contributed by atoms with van der Waals surface area (Å²) in [5, 5.41) is 13.0. The van der Waals surface area contributed by atoms with Crippen LogP contribution in [-0.2, 0) is 20.7 Å². The van der Waals surface area contributed by atoms with Crippen LogP contribution >= 0.6 is 11.6 Å². The Labute approximate surface area is 160 Å². The predicted octanol–water partition coefficient (Wildman–Crippen LogP) is 3.81. The number of fused-ring (bicyclic) bond motifs is 1. The number of rotatable bonds is 6. The van der Waals surface area contributed by atoms with E-state index in [0.29, 0.717) is 11.4 Å². The normalized spacial score (nSPS) is 10.4. The summed E-state index contributed by atoms with van der Waals surface area (Å²) in [6.07, 6.45) is 2.54. The van der Waals surface area contributed by atoms with Crippen LogP contribution < -0.4 is 5.32 Å². The van der Waals surface area contributed by atoms with Gasteiger partial charge in [0.25, 0.3) is 5.91 Å². The van der Waals surface area contributed by atoms with Gasteiger partial charge in [-0.1, -0.05) is 29.8 Å². The molecule has 0 saturated heterocycles. The number of hydrogen-bond acceptors (Lipinski definition) is 4. The average molecular weight is 382 g/mol. The maximum atomic E-state index is 12.0. The highest BCUT2D eigenvalue weighted by Gasteiger charge is 2.12. The lowest BCUT2D eigenvalue weighted by Gasteiger charge is -2.08. The maximum absolute atomic E-state index is 12.0. The molecule has 0 spiro atoms. The number of nitriles is 1. The number of aromatic nitrogens is 1. The lowest BCUT2D eigenvalue weighted by atomic mass is 10.1. The Morgan fingerprint density at radius 2 is 2.04 bits per heavy atom. The van der Waals surface area contributed by atoms with Gasteiger partial charge in [0.2, 0.25) is 0 Å². The van der Waals surface area contributed by atoms with Gasteiger partial charge in [-0.05, 0) is 36.2 Å². The van der Waals surface area contributed by atoms with Crippen molar-refractivity contribution in [3.8, 4) is 6.07 Å². The van der Waals surface area contributed by atoms with Gasteiger partial charge in [0.1, 0.15) is 6.07 Å². The lowest BCUT2D eigenvalue weighted by molar-refractivity contribution is -0.147. The topological polar surface area (TPSA) is 95.0 Å². The zero-order valence-electron chi connectivity index (χ0n) is 14.3. The summed E-state index contributed by atoms with van der Waals surface area (Å²) < 4.78 is 5.01. The van der Waals surface area contributed by atoms with E-state index in [4.69, 9.17) is 21.6 Å². The van der Waals surface area contributed by atoms with E-state index in [-0.39, 0.29) is 17.7 Å². The number of aromatic amines is 1. The van der Waals surface area contributed by atoms with Gasteiger partial charge in [-0.25, -0.2) is 0 Å². The molecule has 1 amide bonds. The van der Waals surface area contributed by atoms with Crippen LogP contribution in [0.2, 0.25) is 5.02 Å². The minimum atomic E-state index is -0.533. The van der Waals surface area contributed by atoms with E-state index in [1.807, 2.05) is 36.5 Å². The molecule has 3 rings (SSSR count). The fourth-order valence-corrected chi connectivity index (χ4v) is 2.87. The predicted molar refractivity (Wildman–Crippen MR) is 102 cm³/mol. The van der Waals surface area contributed by atoms with E-state index >= 15 is 0 Å². The van der Waals surface area contributed by atoms with Crippen molar-refractivity contribution in [2.45, 2.75) is 12.8 Å². The number of hydrogen-bond donors (Lipinski definition) is 2. The lowest BCUT2D eigenvalue weighted by Crippen LogP contribution is -2.21. The number of benzene rings is 2. The van der Waals surface area contributed by atoms with Crippen molar-refractivity contribution in [3.05, 3.63) is 64.8 Å². The fourth-order valence-electron chi connectivity index (χ4n) is 2.70. The van der Waals surface area contributed by atoms with Crippen LogP contribution in [0.3, 0.4) is 0 Å². The smallest absolute Gasteiger partial charge is 0.306 e. The average Bonchev–Trinajstić information content (AvgIpc) is 3.08. The van der Waals surface area contributed by atoms with E-state index in [9.17, 15) is 9.59 Å². The Hall–Kier alpha value is -3.30. The van der Waals surface area contributed by atoms with Crippen LogP contribution in [-0.4, -0.2) is 23.5 Å². The first kappa shape index (κ1) is 18.5. The van der Waals surface area contributed by atoms with Crippen LogP contribution in [0.15, 0.2) is 48.7 Å². The third-order valence-electron chi connectivity index (χ3n) is 4.01. The summed E-state index contributed by atoms with van der Waals surface area (Å²) in [6, 6.07) is 14.3. The van der Waals surface area contributed by atoms with Crippen LogP contribution in [0, 0.1) is 11.3 Å². The van der Waals surface area contributed by atoms with E-state index in [2.05, 4.69) is 10.3 Å². The van der Waals surface area contributed by atoms with Crippen LogP contribution in [0.25, 0.3) is 10.9 Å². The van der Waals surface area contributed by atoms with Gasteiger partial charge in [0, 0.05) is 28.5 Å². The van der Waals surface area contributed by atoms with E-state index in [1.165, 1.54) is 12.1 Å². The Kier molecular flexibility index (Phi) is 5.74. The summed E-state index contributed by atoms with van der Waals surface area (Å²) in [5.74, 6) is -1.00. The molecule has 0 unspecified atom stereocenters. The maximum Gasteiger partial charge on any atom is 0.306 e. The highest BCUT2D eigenvalue weighted by Crippen LogP contribution is 2.21. The second kappa shape index (κ2) is 8.39. The van der Waals surface area contributed by atoms with Crippen molar-refractivity contribution in [1.82, 2.24) is 4.98 Å². The van der Waals surface area contributed by atoms with Gasteiger partial charge < -0.3 is 15.0 Å². The van der Waals surface area contributed by atoms with E-state index < -0.39 is 18.5 Å². The first-order valence-corrected chi connectivity index (χ1v) is 8.64. The minimum absolute atomic E-state index is 0.162. The highest BCUT2D eigenvalue weighted by atomic mass is 35.5. The zero-order valence-corrected chi connectivity index (χ0v) is 15.0. The number of amides is 1. The molecule has 7 heteroatoms. The first-order chi connectivity index (χ1) is 13.1. The third kappa shape index (κ3) is 4.66. The Balaban J connectivity index is 1.50. The summed E-state index contributed by atoms with van der Waals surface area (Å²) in [4.78, 5) is 27.0. The van der Waals surface area contributed by atoms with Crippen molar-refractivity contribution in [2.24, 2.45) is 0 Å². The van der Waals surface area contributed by atoms with Crippen molar-refractivity contribution < 1.29 is 14.3 Å². The molecule has 0 saturated carbocycles. The zero-order chi connectivity index (χ0) is 19.2. The standard InChI is InChI=1S/C20H16ClN3O3/c21-15-7-5-13(10-22)18(9-15)24-19(25)12-27-20(26)8-6-14-11-23-17-4-2-1-3-16(14)17/h1-5,7,9,11,23H,6,8,12H2,(H,24,25). The molecule has 0 aliphatic rings. The van der Waals surface area contributed by atoms with Gasteiger partial charge >= 0.3 is 5.97 Å². The summed E-state index contributed by atoms with van der Waals surface area (Å²) in [6.45, 7) is -0.426. The molecule has 136 valence electrons. The van der Waals surface area contributed by atoms with Crippen LogP contribution in [0.1, 0.15) is 17.5 Å². The number of para-hydroxylation sites is 1. The van der Waals surface area contributed by atoms with Crippen molar-refractivity contribution in [1.29, 1.82) is 5.26 Å². The molecule has 2 aromatic carbocycles. The van der Waals surface area contributed by atoms with Crippen LogP contribution in [0.5, 0.6) is 0 Å². The highest BCUT2D eigenvalue weighted by molar-refractivity contribution is 6.31. The molecule has 3 aromatic rings. The molecule has 0 atom stereocenters. The van der Waals surface area contributed by atoms with Crippen molar-refractivity contribution in [3.63, 3.8) is 0 Å². The Bertz CT molecular complexity index is 1040. The number of anilines is 1. The molecular weight excluding hydrogens is 366 g/mol. The molecular formula is C20H16ClN3O3. The summed E-state index contributed by atoms with van der Waals surface area (Å²) in [5.41, 5.74) is 2.59. The van der Waals surface area contributed by atoms with Crippen molar-refractivity contribution >= 4 is 40.1 Å². The van der Waals surface area contributed by atoms with Gasteiger partial charge in [-0.2, -0.15) is 5.26 Å². The van der Waals surface area contributed by atoms with Gasteiger partial charge in [0.05, 0.1) is 11.3 Å². The molecule has 2 N–H and O–H groups in total. The minimum Gasteiger partial charge on any atom is -0.456 e. The molecule has 0 fully saturated rings. The number of nitrogens with one attached hydrogen (secondary N) is 2. The van der Waals surface area contributed by atoms with E-state index in [0.717, 1.165) is 16.5 Å². The van der Waals surface area contributed by atoms with Gasteiger partial charge in [-0.15, -0.1) is 0 Å². The van der Waals surface area contributed by atoms with Crippen molar-refractivity contribution in [2.75, 3.05) is 11.9 Å². The largest absolute Gasteiger partial charge is 0.456 e. The number of nitrogens with zero attached hydrogens (tertiary/aromatic N) is 1. The number of H-pyrrole nitrogens is 1. The molecule has 1 heterocycles. The number of carbonyl (C=O) groups excluding carboxylic acids is 2. The quantitative estimate of drug-likeness (QED) is 0.635. The van der Waals surface area contributed by atoms with Gasteiger partial charge in [0.15, 0.2) is 6.61 Å². The molecule has 0 radical (unpaired) electrons.